The number of rotatable bonds is 9. The molecule has 0 fully saturated rings. The minimum absolute atomic E-state index is 0.0643. The van der Waals surface area contributed by atoms with E-state index in [-0.39, 0.29) is 5.41 Å². The molecule has 2 aromatic carbocycles. The van der Waals surface area contributed by atoms with Crippen LogP contribution in [0.5, 0.6) is 5.75 Å². The molecule has 0 spiro atoms. The lowest BCUT2D eigenvalue weighted by Crippen LogP contribution is -2.27. The molecule has 146 valence electrons. The molecule has 2 aromatic rings. The number of benzene rings is 2. The normalized spacial score (nSPS) is 12.6. The predicted octanol–water partition coefficient (Wildman–Crippen LogP) is 6.27. The lowest BCUT2D eigenvalue weighted by Gasteiger charge is -2.20. The number of hydrogen-bond donors (Lipinski definition) is 1. The van der Waals surface area contributed by atoms with Gasteiger partial charge in [0.05, 0.1) is 0 Å². The summed E-state index contributed by atoms with van der Waals surface area (Å²) in [5, 5.41) is 10.2. The molecule has 0 radical (unpaired) electrons. The standard InChI is InChI=1S/C23H29ClO3/c1-23(2,3)18-11-15-20(16-12-18)27-21(22(25)26)8-6-4-5-7-17-9-13-19(24)14-10-17/h9-16,21H,4-8H2,1-3H3,(H,25,26)/t21-/m0/s1. The first-order chi connectivity index (χ1) is 12.8. The van der Waals surface area contributed by atoms with Gasteiger partial charge in [-0.3, -0.25) is 0 Å². The van der Waals surface area contributed by atoms with Crippen molar-refractivity contribution in [2.24, 2.45) is 0 Å². The second kappa shape index (κ2) is 9.80. The highest BCUT2D eigenvalue weighted by atomic mass is 35.5. The van der Waals surface area contributed by atoms with Crippen molar-refractivity contribution < 1.29 is 14.6 Å². The molecule has 0 heterocycles. The minimum Gasteiger partial charge on any atom is -0.479 e. The van der Waals surface area contributed by atoms with Crippen LogP contribution in [0.3, 0.4) is 0 Å². The van der Waals surface area contributed by atoms with Gasteiger partial charge in [-0.1, -0.05) is 63.1 Å². The van der Waals surface area contributed by atoms with E-state index in [4.69, 9.17) is 16.3 Å². The minimum atomic E-state index is -0.910. The van der Waals surface area contributed by atoms with Crippen molar-refractivity contribution in [1.29, 1.82) is 0 Å². The summed E-state index contributed by atoms with van der Waals surface area (Å²) in [6, 6.07) is 15.6. The summed E-state index contributed by atoms with van der Waals surface area (Å²) in [5.41, 5.74) is 2.52. The van der Waals surface area contributed by atoms with Crippen LogP contribution in [0.15, 0.2) is 48.5 Å². The zero-order valence-corrected chi connectivity index (χ0v) is 17.1. The Morgan fingerprint density at radius 1 is 1.00 bits per heavy atom. The summed E-state index contributed by atoms with van der Waals surface area (Å²) >= 11 is 5.89. The van der Waals surface area contributed by atoms with Crippen LogP contribution in [0.2, 0.25) is 5.02 Å². The van der Waals surface area contributed by atoms with E-state index in [9.17, 15) is 9.90 Å². The number of carboxylic acid groups (broad SMARTS) is 1. The maximum atomic E-state index is 11.5. The quantitative estimate of drug-likeness (QED) is 0.514. The Balaban J connectivity index is 1.78. The number of hydrogen-bond acceptors (Lipinski definition) is 2. The van der Waals surface area contributed by atoms with Gasteiger partial charge in [0, 0.05) is 5.02 Å². The van der Waals surface area contributed by atoms with Gasteiger partial charge in [0.1, 0.15) is 5.75 Å². The lowest BCUT2D eigenvalue weighted by atomic mass is 9.87. The molecular formula is C23H29ClO3. The van der Waals surface area contributed by atoms with E-state index in [1.165, 1.54) is 11.1 Å². The molecule has 0 aromatic heterocycles. The van der Waals surface area contributed by atoms with E-state index in [1.54, 1.807) is 0 Å². The van der Waals surface area contributed by atoms with Crippen molar-refractivity contribution in [3.05, 3.63) is 64.7 Å². The molecule has 27 heavy (non-hydrogen) atoms. The number of aryl methyl sites for hydroxylation is 1. The zero-order chi connectivity index (χ0) is 19.9. The lowest BCUT2D eigenvalue weighted by molar-refractivity contribution is -0.145. The van der Waals surface area contributed by atoms with Crippen molar-refractivity contribution in [3.8, 4) is 5.75 Å². The maximum absolute atomic E-state index is 11.5. The summed E-state index contributed by atoms with van der Waals surface area (Å²) in [4.78, 5) is 11.5. The summed E-state index contributed by atoms with van der Waals surface area (Å²) in [7, 11) is 0. The second-order valence-electron chi connectivity index (χ2n) is 7.94. The van der Waals surface area contributed by atoms with E-state index in [1.807, 2.05) is 48.5 Å². The van der Waals surface area contributed by atoms with Crippen LogP contribution in [0.25, 0.3) is 0 Å². The van der Waals surface area contributed by atoms with Crippen molar-refractivity contribution >= 4 is 17.6 Å². The summed E-state index contributed by atoms with van der Waals surface area (Å²) in [6.07, 6.45) is 3.50. The Morgan fingerprint density at radius 2 is 1.63 bits per heavy atom. The number of ether oxygens (including phenoxy) is 1. The molecule has 0 saturated heterocycles. The molecular weight excluding hydrogens is 360 g/mol. The number of carboxylic acids is 1. The van der Waals surface area contributed by atoms with E-state index < -0.39 is 12.1 Å². The highest BCUT2D eigenvalue weighted by molar-refractivity contribution is 6.30. The molecule has 0 bridgehead atoms. The summed E-state index contributed by atoms with van der Waals surface area (Å²) < 4.78 is 5.71. The Hall–Kier alpha value is -2.00. The summed E-state index contributed by atoms with van der Waals surface area (Å²) in [6.45, 7) is 6.44. The fourth-order valence-corrected chi connectivity index (χ4v) is 3.04. The average Bonchev–Trinajstić information content (AvgIpc) is 2.61. The van der Waals surface area contributed by atoms with Crippen molar-refractivity contribution in [3.63, 3.8) is 0 Å². The van der Waals surface area contributed by atoms with Gasteiger partial charge >= 0.3 is 5.97 Å². The van der Waals surface area contributed by atoms with Gasteiger partial charge in [0.25, 0.3) is 0 Å². The molecule has 0 aliphatic carbocycles. The molecule has 0 aliphatic heterocycles. The predicted molar refractivity (Wildman–Crippen MR) is 111 cm³/mol. The first kappa shape index (κ1) is 21.3. The monoisotopic (exact) mass is 388 g/mol. The molecule has 0 unspecified atom stereocenters. The van der Waals surface area contributed by atoms with Crippen LogP contribution in [0.4, 0.5) is 0 Å². The van der Waals surface area contributed by atoms with Crippen molar-refractivity contribution in [2.45, 2.75) is 64.4 Å². The Kier molecular flexibility index (Phi) is 7.73. The van der Waals surface area contributed by atoms with Gasteiger partial charge in [-0.25, -0.2) is 4.79 Å². The maximum Gasteiger partial charge on any atom is 0.344 e. The van der Waals surface area contributed by atoms with E-state index in [0.717, 1.165) is 30.7 Å². The Labute approximate surface area is 167 Å². The first-order valence-corrected chi connectivity index (χ1v) is 9.88. The van der Waals surface area contributed by atoms with Crippen molar-refractivity contribution in [2.75, 3.05) is 0 Å². The third kappa shape index (κ3) is 7.26. The Morgan fingerprint density at radius 3 is 2.19 bits per heavy atom. The molecule has 0 aliphatic rings. The molecule has 1 N–H and O–H groups in total. The second-order valence-corrected chi connectivity index (χ2v) is 8.38. The Bertz CT molecular complexity index is 715. The highest BCUT2D eigenvalue weighted by Crippen LogP contribution is 2.25. The van der Waals surface area contributed by atoms with Gasteiger partial charge in [0.15, 0.2) is 6.10 Å². The topological polar surface area (TPSA) is 46.5 Å². The third-order valence-corrected chi connectivity index (χ3v) is 4.87. The number of carbonyl (C=O) groups is 1. The smallest absolute Gasteiger partial charge is 0.344 e. The molecule has 0 amide bonds. The van der Waals surface area contributed by atoms with Crippen LogP contribution < -0.4 is 4.74 Å². The van der Waals surface area contributed by atoms with Crippen LogP contribution in [0, 0.1) is 0 Å². The van der Waals surface area contributed by atoms with Crippen LogP contribution in [0.1, 0.15) is 57.6 Å². The largest absolute Gasteiger partial charge is 0.479 e. The molecule has 2 rings (SSSR count). The number of aliphatic carboxylic acids is 1. The molecule has 4 heteroatoms. The molecule has 1 atom stereocenters. The van der Waals surface area contributed by atoms with Gasteiger partial charge in [-0.2, -0.15) is 0 Å². The van der Waals surface area contributed by atoms with Crippen LogP contribution >= 0.6 is 11.6 Å². The van der Waals surface area contributed by atoms with Crippen LogP contribution in [-0.4, -0.2) is 17.2 Å². The van der Waals surface area contributed by atoms with Gasteiger partial charge in [-0.15, -0.1) is 0 Å². The van der Waals surface area contributed by atoms with Gasteiger partial charge < -0.3 is 9.84 Å². The van der Waals surface area contributed by atoms with Gasteiger partial charge in [-0.05, 0) is 66.5 Å². The SMILES string of the molecule is CC(C)(C)c1ccc(O[C@@H](CCCCCc2ccc(Cl)cc2)C(=O)O)cc1. The summed E-state index contributed by atoms with van der Waals surface area (Å²) in [5.74, 6) is -0.302. The van der Waals surface area contributed by atoms with Crippen molar-refractivity contribution in [1.82, 2.24) is 0 Å². The third-order valence-electron chi connectivity index (χ3n) is 4.62. The number of halogens is 1. The fourth-order valence-electron chi connectivity index (χ4n) is 2.92. The zero-order valence-electron chi connectivity index (χ0n) is 16.4. The van der Waals surface area contributed by atoms with E-state index >= 15 is 0 Å². The number of unbranched alkanes of at least 4 members (excludes halogenated alkanes) is 2. The highest BCUT2D eigenvalue weighted by Gasteiger charge is 2.19. The fraction of sp³-hybridized carbons (Fsp3) is 0.435. The van der Waals surface area contributed by atoms with Crippen LogP contribution in [-0.2, 0) is 16.6 Å². The van der Waals surface area contributed by atoms with E-state index in [0.29, 0.717) is 12.2 Å². The molecule has 0 saturated carbocycles. The van der Waals surface area contributed by atoms with E-state index in [2.05, 4.69) is 20.8 Å². The molecule has 3 nitrogen and oxygen atoms in total. The van der Waals surface area contributed by atoms with Gasteiger partial charge in [0.2, 0.25) is 0 Å². The average molecular weight is 389 g/mol. The first-order valence-electron chi connectivity index (χ1n) is 9.50.